The second-order valence-corrected chi connectivity index (χ2v) is 7.04. The van der Waals surface area contributed by atoms with Crippen LogP contribution < -0.4 is 10.7 Å². The van der Waals surface area contributed by atoms with Crippen molar-refractivity contribution in [2.24, 2.45) is 0 Å². The minimum Gasteiger partial charge on any atom is -0.321 e. The highest BCUT2D eigenvalue weighted by Gasteiger charge is 2.15. The lowest BCUT2D eigenvalue weighted by Gasteiger charge is -2.11. The fraction of sp³-hybridized carbons (Fsp3) is 0.0870. The quantitative estimate of drug-likeness (QED) is 0.465. The third-order valence-corrected chi connectivity index (χ3v) is 4.74. The number of carbonyl (C=O) groups is 2. The van der Waals surface area contributed by atoms with Crippen LogP contribution in [0.25, 0.3) is 6.08 Å². The lowest BCUT2D eigenvalue weighted by molar-refractivity contribution is -0.112. The number of aryl methyl sites for hydroxylation is 1. The molecule has 0 aliphatic heterocycles. The van der Waals surface area contributed by atoms with Crippen LogP contribution >= 0.6 is 11.6 Å². The molecule has 1 heterocycles. The predicted octanol–water partition coefficient (Wildman–Crippen LogP) is 4.69. The van der Waals surface area contributed by atoms with Crippen molar-refractivity contribution in [1.29, 1.82) is 5.26 Å². The van der Waals surface area contributed by atoms with Gasteiger partial charge in [0.1, 0.15) is 11.6 Å². The van der Waals surface area contributed by atoms with Gasteiger partial charge in [-0.3, -0.25) is 19.7 Å². The lowest BCUT2D eigenvalue weighted by Crippen LogP contribution is -2.24. The molecule has 0 atom stereocenters. The maximum Gasteiger partial charge on any atom is 0.270 e. The Balaban J connectivity index is 1.82. The Labute approximate surface area is 179 Å². The van der Waals surface area contributed by atoms with Gasteiger partial charge in [0.2, 0.25) is 0 Å². The van der Waals surface area contributed by atoms with Crippen LogP contribution in [0.3, 0.4) is 0 Å². The molecule has 1 aromatic heterocycles. The molecule has 0 fully saturated rings. The summed E-state index contributed by atoms with van der Waals surface area (Å²) in [5, 5.41) is 12.7. The van der Waals surface area contributed by atoms with E-state index < -0.39 is 5.91 Å². The summed E-state index contributed by atoms with van der Waals surface area (Å²) in [4.78, 5) is 25.0. The summed E-state index contributed by atoms with van der Waals surface area (Å²) < 4.78 is 1.63. The second-order valence-electron chi connectivity index (χ2n) is 6.60. The molecule has 7 heteroatoms. The molecule has 0 aliphatic rings. The summed E-state index contributed by atoms with van der Waals surface area (Å²) in [6.07, 6.45) is 1.50. The zero-order valence-corrected chi connectivity index (χ0v) is 17.2. The van der Waals surface area contributed by atoms with E-state index >= 15 is 0 Å². The first-order valence-electron chi connectivity index (χ1n) is 9.13. The molecule has 0 spiro atoms. The Kier molecular flexibility index (Phi) is 6.35. The standard InChI is InChI=1S/C23H19ClN4O2/c1-15-12-18(16(2)28(15)27-23(30)17-6-4-3-5-7-17)13-19(14-25)22(29)26-21-10-8-20(24)9-11-21/h3-13H,1-2H3,(H,26,29)(H,27,30)/b19-13-. The zero-order chi connectivity index (χ0) is 21.7. The fourth-order valence-electron chi connectivity index (χ4n) is 2.90. The van der Waals surface area contributed by atoms with Crippen LogP contribution in [0, 0.1) is 25.2 Å². The molecule has 6 nitrogen and oxygen atoms in total. The van der Waals surface area contributed by atoms with E-state index in [1.165, 1.54) is 6.08 Å². The summed E-state index contributed by atoms with van der Waals surface area (Å²) in [6.45, 7) is 3.63. The van der Waals surface area contributed by atoms with Crippen molar-refractivity contribution in [2.75, 3.05) is 10.7 Å². The molecule has 0 radical (unpaired) electrons. The maximum absolute atomic E-state index is 12.5. The Bertz CT molecular complexity index is 1160. The molecule has 30 heavy (non-hydrogen) atoms. The van der Waals surface area contributed by atoms with Crippen LogP contribution in [0.4, 0.5) is 5.69 Å². The first kappa shape index (κ1) is 20.9. The third-order valence-electron chi connectivity index (χ3n) is 4.49. The summed E-state index contributed by atoms with van der Waals surface area (Å²) in [5.74, 6) is -0.785. The van der Waals surface area contributed by atoms with Crippen LogP contribution in [0.5, 0.6) is 0 Å². The van der Waals surface area contributed by atoms with Gasteiger partial charge in [-0.1, -0.05) is 29.8 Å². The van der Waals surface area contributed by atoms with E-state index in [2.05, 4.69) is 10.7 Å². The number of hydrogen-bond donors (Lipinski definition) is 2. The van der Waals surface area contributed by atoms with Gasteiger partial charge in [-0.25, -0.2) is 0 Å². The molecule has 2 amide bonds. The SMILES string of the molecule is Cc1cc(/C=C(/C#N)C(=O)Nc2ccc(Cl)cc2)c(C)n1NC(=O)c1ccccc1. The molecule has 0 saturated heterocycles. The van der Waals surface area contributed by atoms with Gasteiger partial charge >= 0.3 is 0 Å². The molecule has 3 rings (SSSR count). The summed E-state index contributed by atoms with van der Waals surface area (Å²) >= 11 is 5.85. The highest BCUT2D eigenvalue weighted by molar-refractivity contribution is 6.30. The van der Waals surface area contributed by atoms with E-state index in [-0.39, 0.29) is 11.5 Å². The maximum atomic E-state index is 12.5. The van der Waals surface area contributed by atoms with Gasteiger partial charge in [0.15, 0.2) is 0 Å². The third kappa shape index (κ3) is 4.77. The monoisotopic (exact) mass is 418 g/mol. The minimum absolute atomic E-state index is 0.0559. The van der Waals surface area contributed by atoms with Crippen molar-refractivity contribution in [1.82, 2.24) is 4.68 Å². The van der Waals surface area contributed by atoms with E-state index in [4.69, 9.17) is 11.6 Å². The molecular weight excluding hydrogens is 400 g/mol. The van der Waals surface area contributed by atoms with E-state index in [9.17, 15) is 14.9 Å². The van der Waals surface area contributed by atoms with Gasteiger partial charge in [-0.15, -0.1) is 0 Å². The number of nitrogens with zero attached hydrogens (tertiary/aromatic N) is 2. The fourth-order valence-corrected chi connectivity index (χ4v) is 3.02. The number of nitrogens with one attached hydrogen (secondary N) is 2. The molecule has 0 unspecified atom stereocenters. The van der Waals surface area contributed by atoms with Crippen LogP contribution in [0.2, 0.25) is 5.02 Å². The number of anilines is 1. The topological polar surface area (TPSA) is 86.9 Å². The number of hydrogen-bond acceptors (Lipinski definition) is 3. The van der Waals surface area contributed by atoms with Gasteiger partial charge in [0.05, 0.1) is 0 Å². The Hall–Kier alpha value is -3.82. The van der Waals surface area contributed by atoms with Crippen LogP contribution in [0.1, 0.15) is 27.3 Å². The van der Waals surface area contributed by atoms with Crippen molar-refractivity contribution in [3.05, 3.63) is 93.8 Å². The Morgan fingerprint density at radius 3 is 2.37 bits per heavy atom. The molecule has 150 valence electrons. The zero-order valence-electron chi connectivity index (χ0n) is 16.4. The Morgan fingerprint density at radius 2 is 1.73 bits per heavy atom. The summed E-state index contributed by atoms with van der Waals surface area (Å²) in [6, 6.07) is 19.2. The van der Waals surface area contributed by atoms with Crippen molar-refractivity contribution in [3.8, 4) is 6.07 Å². The van der Waals surface area contributed by atoms with E-state index in [1.54, 1.807) is 66.2 Å². The molecular formula is C23H19ClN4O2. The molecule has 2 N–H and O–H groups in total. The van der Waals surface area contributed by atoms with E-state index in [0.717, 1.165) is 5.69 Å². The molecule has 3 aromatic rings. The van der Waals surface area contributed by atoms with E-state index in [0.29, 0.717) is 27.5 Å². The van der Waals surface area contributed by atoms with Gasteiger partial charge in [0.25, 0.3) is 11.8 Å². The van der Waals surface area contributed by atoms with Crippen molar-refractivity contribution >= 4 is 35.2 Å². The summed E-state index contributed by atoms with van der Waals surface area (Å²) in [7, 11) is 0. The number of aromatic nitrogens is 1. The van der Waals surface area contributed by atoms with Crippen LogP contribution in [-0.4, -0.2) is 16.5 Å². The van der Waals surface area contributed by atoms with Crippen LogP contribution in [-0.2, 0) is 4.79 Å². The number of halogens is 1. The number of carbonyl (C=O) groups excluding carboxylic acids is 2. The first-order chi connectivity index (χ1) is 14.4. The first-order valence-corrected chi connectivity index (χ1v) is 9.51. The largest absolute Gasteiger partial charge is 0.321 e. The van der Waals surface area contributed by atoms with Crippen molar-refractivity contribution in [3.63, 3.8) is 0 Å². The van der Waals surface area contributed by atoms with Crippen molar-refractivity contribution in [2.45, 2.75) is 13.8 Å². The van der Waals surface area contributed by atoms with Gasteiger partial charge in [0, 0.05) is 27.7 Å². The van der Waals surface area contributed by atoms with E-state index in [1.807, 2.05) is 19.1 Å². The lowest BCUT2D eigenvalue weighted by atomic mass is 10.1. The smallest absolute Gasteiger partial charge is 0.270 e. The predicted molar refractivity (Wildman–Crippen MR) is 118 cm³/mol. The second kappa shape index (κ2) is 9.12. The van der Waals surface area contributed by atoms with Gasteiger partial charge in [-0.05, 0) is 68.0 Å². The number of nitriles is 1. The minimum atomic E-state index is -0.530. The molecule has 2 aromatic carbocycles. The average molecular weight is 419 g/mol. The van der Waals surface area contributed by atoms with Crippen molar-refractivity contribution < 1.29 is 9.59 Å². The number of benzene rings is 2. The van der Waals surface area contributed by atoms with Crippen LogP contribution in [0.15, 0.2) is 66.2 Å². The number of amides is 2. The normalized spacial score (nSPS) is 10.9. The highest BCUT2D eigenvalue weighted by atomic mass is 35.5. The van der Waals surface area contributed by atoms with Gasteiger partial charge < -0.3 is 5.32 Å². The molecule has 0 saturated carbocycles. The van der Waals surface area contributed by atoms with Gasteiger partial charge in [-0.2, -0.15) is 5.26 Å². The summed E-state index contributed by atoms with van der Waals surface area (Å²) in [5.41, 5.74) is 5.96. The average Bonchev–Trinajstić information content (AvgIpc) is 3.01. The molecule has 0 aliphatic carbocycles. The highest BCUT2D eigenvalue weighted by Crippen LogP contribution is 2.19. The molecule has 0 bridgehead atoms. The Morgan fingerprint density at radius 1 is 1.07 bits per heavy atom. The number of rotatable bonds is 5.